The van der Waals surface area contributed by atoms with Crippen molar-refractivity contribution in [3.05, 3.63) is 12.2 Å². The minimum absolute atomic E-state index is 0.108. The van der Waals surface area contributed by atoms with Crippen LogP contribution < -0.4 is 0 Å². The number of esters is 1. The van der Waals surface area contributed by atoms with Gasteiger partial charge < -0.3 is 19.7 Å². The van der Waals surface area contributed by atoms with Gasteiger partial charge in [0.25, 0.3) is 0 Å². The smallest absolute Gasteiger partial charge is 0.305 e. The van der Waals surface area contributed by atoms with E-state index < -0.39 is 5.60 Å². The Hall–Kier alpha value is -0.910. The molecule has 156 valence electrons. The predicted molar refractivity (Wildman–Crippen MR) is 105 cm³/mol. The van der Waals surface area contributed by atoms with Gasteiger partial charge in [-0.3, -0.25) is 4.79 Å². The Morgan fingerprint density at radius 1 is 1.22 bits per heavy atom. The van der Waals surface area contributed by atoms with Gasteiger partial charge in [-0.05, 0) is 50.9 Å². The summed E-state index contributed by atoms with van der Waals surface area (Å²) in [6.07, 6.45) is 11.8. The van der Waals surface area contributed by atoms with Gasteiger partial charge in [-0.2, -0.15) is 0 Å². The summed E-state index contributed by atoms with van der Waals surface area (Å²) in [5.74, 6) is 0.830. The van der Waals surface area contributed by atoms with Crippen LogP contribution in [0.4, 0.5) is 0 Å². The molecule has 6 atom stereocenters. The fraction of sp³-hybridized carbons (Fsp3) is 0.864. The molecule has 0 aliphatic heterocycles. The second kappa shape index (κ2) is 10.6. The summed E-state index contributed by atoms with van der Waals surface area (Å²) in [6, 6.07) is 0. The molecule has 2 saturated carbocycles. The average Bonchev–Trinajstić information content (AvgIpc) is 3.13. The maximum absolute atomic E-state index is 11.1. The fourth-order valence-corrected chi connectivity index (χ4v) is 4.71. The molecule has 2 N–H and O–H groups in total. The van der Waals surface area contributed by atoms with Crippen LogP contribution in [0.15, 0.2) is 12.2 Å². The molecule has 5 heteroatoms. The molecule has 0 spiro atoms. The third-order valence-corrected chi connectivity index (χ3v) is 6.26. The third kappa shape index (κ3) is 6.88. The van der Waals surface area contributed by atoms with Crippen LogP contribution in [0.25, 0.3) is 0 Å². The van der Waals surface area contributed by atoms with Crippen LogP contribution in [-0.4, -0.2) is 47.7 Å². The van der Waals surface area contributed by atoms with Crippen molar-refractivity contribution in [2.75, 3.05) is 13.7 Å². The zero-order valence-electron chi connectivity index (χ0n) is 17.2. The molecule has 0 saturated heterocycles. The van der Waals surface area contributed by atoms with E-state index in [1.165, 1.54) is 7.11 Å². The van der Waals surface area contributed by atoms with Gasteiger partial charge in [0.1, 0.15) is 0 Å². The second-order valence-electron chi connectivity index (χ2n) is 8.62. The molecule has 2 aliphatic carbocycles. The Morgan fingerprint density at radius 2 is 2.00 bits per heavy atom. The van der Waals surface area contributed by atoms with E-state index in [0.717, 1.165) is 44.9 Å². The summed E-state index contributed by atoms with van der Waals surface area (Å²) in [7, 11) is 1.40. The van der Waals surface area contributed by atoms with E-state index in [0.29, 0.717) is 31.3 Å². The highest BCUT2D eigenvalue weighted by Gasteiger charge is 2.47. The van der Waals surface area contributed by atoms with E-state index >= 15 is 0 Å². The molecule has 0 bridgehead atoms. The summed E-state index contributed by atoms with van der Waals surface area (Å²) in [6.45, 7) is 4.60. The molecule has 0 heterocycles. The summed E-state index contributed by atoms with van der Waals surface area (Å²) in [5.41, 5.74) is -0.796. The number of aliphatic hydroxyl groups is 2. The number of methoxy groups -OCH3 is 1. The number of unbranched alkanes of at least 4 members (excludes halogenated alkanes) is 2. The highest BCUT2D eigenvalue weighted by Crippen LogP contribution is 2.49. The number of ether oxygens (including phenoxy) is 2. The van der Waals surface area contributed by atoms with Gasteiger partial charge in [-0.15, -0.1) is 0 Å². The summed E-state index contributed by atoms with van der Waals surface area (Å²) < 4.78 is 10.6. The second-order valence-corrected chi connectivity index (χ2v) is 8.62. The van der Waals surface area contributed by atoms with E-state index in [1.54, 1.807) is 0 Å². The Kier molecular flexibility index (Phi) is 8.77. The lowest BCUT2D eigenvalue weighted by molar-refractivity contribution is -0.141. The first-order valence-corrected chi connectivity index (χ1v) is 10.6. The molecule has 1 unspecified atom stereocenters. The van der Waals surface area contributed by atoms with Crippen molar-refractivity contribution in [2.45, 2.75) is 89.4 Å². The molecule has 0 aromatic carbocycles. The average molecular weight is 383 g/mol. The van der Waals surface area contributed by atoms with Crippen molar-refractivity contribution in [1.82, 2.24) is 0 Å². The van der Waals surface area contributed by atoms with E-state index in [4.69, 9.17) is 4.74 Å². The maximum Gasteiger partial charge on any atom is 0.305 e. The van der Waals surface area contributed by atoms with Gasteiger partial charge in [-0.25, -0.2) is 0 Å². The number of aliphatic hydroxyl groups excluding tert-OH is 1. The summed E-state index contributed by atoms with van der Waals surface area (Å²) in [5, 5.41) is 21.0. The van der Waals surface area contributed by atoms with Gasteiger partial charge in [0.2, 0.25) is 0 Å². The van der Waals surface area contributed by atoms with Crippen molar-refractivity contribution >= 4 is 5.97 Å². The highest BCUT2D eigenvalue weighted by atomic mass is 16.5. The number of hydrogen-bond donors (Lipinski definition) is 2. The number of carbonyl (C=O) groups excluding carboxylic acids is 1. The molecular formula is C22H38O5. The van der Waals surface area contributed by atoms with Crippen LogP contribution >= 0.6 is 0 Å². The quantitative estimate of drug-likeness (QED) is 0.324. The minimum atomic E-state index is -0.796. The van der Waals surface area contributed by atoms with Crippen molar-refractivity contribution in [1.29, 1.82) is 0 Å². The Balaban J connectivity index is 1.80. The Bertz CT molecular complexity index is 487. The van der Waals surface area contributed by atoms with Crippen molar-refractivity contribution in [3.8, 4) is 0 Å². The number of carbonyl (C=O) groups is 1. The van der Waals surface area contributed by atoms with Crippen LogP contribution in [0.2, 0.25) is 0 Å². The molecule has 0 aromatic heterocycles. The first kappa shape index (κ1) is 22.4. The van der Waals surface area contributed by atoms with Gasteiger partial charge >= 0.3 is 5.97 Å². The molecular weight excluding hydrogens is 344 g/mol. The molecule has 27 heavy (non-hydrogen) atoms. The van der Waals surface area contributed by atoms with E-state index in [-0.39, 0.29) is 24.1 Å². The SMILES string of the molecule is CCCCCC(C)(O)C=C[C@H]1[C@@H]2C[C@H](OCCCC(=O)OC)C[C@H]2C[C@@H]1O. The van der Waals surface area contributed by atoms with E-state index in [2.05, 4.69) is 17.7 Å². The van der Waals surface area contributed by atoms with Gasteiger partial charge in [0.05, 0.1) is 24.9 Å². The van der Waals surface area contributed by atoms with Crippen molar-refractivity contribution < 1.29 is 24.5 Å². The lowest BCUT2D eigenvalue weighted by Crippen LogP contribution is -2.24. The molecule has 2 fully saturated rings. The first-order valence-electron chi connectivity index (χ1n) is 10.6. The topological polar surface area (TPSA) is 76.0 Å². The van der Waals surface area contributed by atoms with Crippen LogP contribution in [-0.2, 0) is 14.3 Å². The summed E-state index contributed by atoms with van der Waals surface area (Å²) >= 11 is 0. The predicted octanol–water partition coefficient (Wildman–Crippen LogP) is 3.62. The van der Waals surface area contributed by atoms with Gasteiger partial charge in [-0.1, -0.05) is 38.3 Å². The lowest BCUT2D eigenvalue weighted by Gasteiger charge is -2.23. The molecule has 5 nitrogen and oxygen atoms in total. The molecule has 0 radical (unpaired) electrons. The standard InChI is InChI=1S/C22H38O5/c1-4-5-6-10-22(2,25)11-9-18-19-15-17(13-16(19)14-20(18)23)27-12-7-8-21(24)26-3/h9,11,16-20,23,25H,4-8,10,12-15H2,1-3H3/t16-,17+,18-,19+,20-,22?/m0/s1. The van der Waals surface area contributed by atoms with E-state index in [1.807, 2.05) is 13.0 Å². The Labute approximate surface area is 164 Å². The van der Waals surface area contributed by atoms with Gasteiger partial charge in [0, 0.05) is 18.9 Å². The molecule has 2 rings (SSSR count). The van der Waals surface area contributed by atoms with Crippen LogP contribution in [0.3, 0.4) is 0 Å². The molecule has 0 aromatic rings. The van der Waals surface area contributed by atoms with Crippen LogP contribution in [0.1, 0.15) is 71.6 Å². The van der Waals surface area contributed by atoms with Crippen LogP contribution in [0, 0.1) is 17.8 Å². The number of rotatable bonds is 11. The third-order valence-electron chi connectivity index (χ3n) is 6.26. The fourth-order valence-electron chi connectivity index (χ4n) is 4.71. The highest BCUT2D eigenvalue weighted by molar-refractivity contribution is 5.68. The monoisotopic (exact) mass is 382 g/mol. The largest absolute Gasteiger partial charge is 0.469 e. The van der Waals surface area contributed by atoms with Crippen molar-refractivity contribution in [2.24, 2.45) is 17.8 Å². The van der Waals surface area contributed by atoms with Crippen LogP contribution in [0.5, 0.6) is 0 Å². The maximum atomic E-state index is 11.1. The first-order chi connectivity index (χ1) is 12.9. The number of hydrogen-bond acceptors (Lipinski definition) is 5. The minimum Gasteiger partial charge on any atom is -0.469 e. The summed E-state index contributed by atoms with van der Waals surface area (Å²) in [4.78, 5) is 11.1. The Morgan fingerprint density at radius 3 is 2.70 bits per heavy atom. The van der Waals surface area contributed by atoms with Crippen molar-refractivity contribution in [3.63, 3.8) is 0 Å². The number of fused-ring (bicyclic) bond motifs is 1. The normalized spacial score (nSPS) is 32.6. The lowest BCUT2D eigenvalue weighted by atomic mass is 9.88. The molecule has 0 amide bonds. The van der Waals surface area contributed by atoms with Gasteiger partial charge in [0.15, 0.2) is 0 Å². The zero-order valence-corrected chi connectivity index (χ0v) is 17.2. The van der Waals surface area contributed by atoms with E-state index in [9.17, 15) is 15.0 Å². The zero-order chi connectivity index (χ0) is 19.9. The molecule has 2 aliphatic rings.